The molecule has 1 aliphatic rings. The largest absolute Gasteiger partial charge is 0.269 e. The Balaban J connectivity index is 2.23. The average Bonchev–Trinajstić information content (AvgIpc) is 2.26. The van der Waals surface area contributed by atoms with Crippen LogP contribution in [0.25, 0.3) is 0 Å². The molecule has 0 saturated heterocycles. The quantitative estimate of drug-likeness (QED) is 0.653. The number of terminal acetylenes is 1. The Hall–Kier alpha value is -1.79. The first-order valence-corrected chi connectivity index (χ1v) is 4.34. The summed E-state index contributed by atoms with van der Waals surface area (Å²) in [6, 6.07) is 7.90. The fourth-order valence-electron chi connectivity index (χ4n) is 1.34. The molecule has 0 saturated carbocycles. The van der Waals surface area contributed by atoms with Crippen molar-refractivity contribution in [1.82, 2.24) is 0 Å². The van der Waals surface area contributed by atoms with Crippen molar-refractivity contribution in [3.63, 3.8) is 0 Å². The summed E-state index contributed by atoms with van der Waals surface area (Å²) in [5.41, 5.74) is 2.06. The monoisotopic (exact) mass is 186 g/mol. The van der Waals surface area contributed by atoms with Gasteiger partial charge in [0.1, 0.15) is 13.3 Å². The molecule has 0 spiro atoms. The SMILES string of the molecule is C#CCON1CN=Cc2ccccc21. The van der Waals surface area contributed by atoms with E-state index in [0.717, 1.165) is 11.3 Å². The van der Waals surface area contributed by atoms with E-state index in [1.807, 2.05) is 30.5 Å². The Morgan fingerprint density at radius 2 is 2.36 bits per heavy atom. The maximum absolute atomic E-state index is 5.34. The van der Waals surface area contributed by atoms with Crippen molar-refractivity contribution in [2.75, 3.05) is 18.3 Å². The number of para-hydroxylation sites is 1. The second-order valence-electron chi connectivity index (χ2n) is 2.87. The van der Waals surface area contributed by atoms with Crippen molar-refractivity contribution in [3.8, 4) is 12.3 Å². The summed E-state index contributed by atoms with van der Waals surface area (Å²) in [4.78, 5) is 9.50. The molecular weight excluding hydrogens is 176 g/mol. The fraction of sp³-hybridized carbons (Fsp3) is 0.182. The van der Waals surface area contributed by atoms with Crippen LogP contribution < -0.4 is 5.06 Å². The number of hydrogen-bond donors (Lipinski definition) is 0. The first-order chi connectivity index (χ1) is 6.92. The van der Waals surface area contributed by atoms with Gasteiger partial charge in [-0.05, 0) is 6.07 Å². The van der Waals surface area contributed by atoms with Crippen LogP contribution in [0.5, 0.6) is 0 Å². The van der Waals surface area contributed by atoms with Gasteiger partial charge in [-0.25, -0.2) is 5.06 Å². The normalized spacial score (nSPS) is 13.5. The first-order valence-electron chi connectivity index (χ1n) is 4.34. The van der Waals surface area contributed by atoms with Gasteiger partial charge in [-0.15, -0.1) is 6.42 Å². The van der Waals surface area contributed by atoms with Crippen LogP contribution in [0.1, 0.15) is 5.56 Å². The number of anilines is 1. The minimum atomic E-state index is 0.268. The molecule has 2 rings (SSSR count). The van der Waals surface area contributed by atoms with Gasteiger partial charge in [0.15, 0.2) is 0 Å². The van der Waals surface area contributed by atoms with E-state index in [0.29, 0.717) is 6.67 Å². The van der Waals surface area contributed by atoms with E-state index >= 15 is 0 Å². The fourth-order valence-corrected chi connectivity index (χ4v) is 1.34. The molecule has 0 N–H and O–H groups in total. The standard InChI is InChI=1S/C11H10N2O/c1-2-7-14-13-9-12-8-10-5-3-4-6-11(10)13/h1,3-6,8H,7,9H2. The van der Waals surface area contributed by atoms with Crippen LogP contribution in [-0.2, 0) is 4.84 Å². The number of benzene rings is 1. The lowest BCUT2D eigenvalue weighted by atomic mass is 10.2. The van der Waals surface area contributed by atoms with E-state index in [-0.39, 0.29) is 6.61 Å². The van der Waals surface area contributed by atoms with Crippen molar-refractivity contribution in [2.45, 2.75) is 0 Å². The highest BCUT2D eigenvalue weighted by Gasteiger charge is 2.12. The zero-order valence-corrected chi connectivity index (χ0v) is 7.68. The summed E-state index contributed by atoms with van der Waals surface area (Å²) >= 11 is 0. The molecule has 0 aliphatic carbocycles. The summed E-state index contributed by atoms with van der Waals surface area (Å²) in [5, 5.41) is 1.70. The molecule has 0 amide bonds. The summed E-state index contributed by atoms with van der Waals surface area (Å²) in [5.74, 6) is 2.43. The second-order valence-corrected chi connectivity index (χ2v) is 2.87. The van der Waals surface area contributed by atoms with Crippen LogP contribution in [0.4, 0.5) is 5.69 Å². The topological polar surface area (TPSA) is 24.8 Å². The molecule has 0 aromatic heterocycles. The highest BCUT2D eigenvalue weighted by atomic mass is 16.7. The van der Waals surface area contributed by atoms with Crippen LogP contribution >= 0.6 is 0 Å². The lowest BCUT2D eigenvalue weighted by Gasteiger charge is -2.25. The maximum Gasteiger partial charge on any atom is 0.135 e. The first kappa shape index (κ1) is 8.79. The van der Waals surface area contributed by atoms with E-state index < -0.39 is 0 Å². The van der Waals surface area contributed by atoms with Gasteiger partial charge in [0.2, 0.25) is 0 Å². The zero-order chi connectivity index (χ0) is 9.80. The number of rotatable bonds is 2. The Labute approximate surface area is 83.0 Å². The van der Waals surface area contributed by atoms with Crippen molar-refractivity contribution in [3.05, 3.63) is 29.8 Å². The summed E-state index contributed by atoms with van der Waals surface area (Å²) in [6.07, 6.45) is 6.96. The van der Waals surface area contributed by atoms with E-state index in [9.17, 15) is 0 Å². The van der Waals surface area contributed by atoms with Crippen molar-refractivity contribution < 1.29 is 4.84 Å². The highest BCUT2D eigenvalue weighted by molar-refractivity contribution is 5.89. The van der Waals surface area contributed by atoms with E-state index in [4.69, 9.17) is 11.3 Å². The molecule has 0 unspecified atom stereocenters. The minimum absolute atomic E-state index is 0.268. The van der Waals surface area contributed by atoms with Crippen LogP contribution in [0.3, 0.4) is 0 Å². The molecule has 70 valence electrons. The molecule has 0 bridgehead atoms. The highest BCUT2D eigenvalue weighted by Crippen LogP contribution is 2.21. The predicted octanol–water partition coefficient (Wildman–Crippen LogP) is 1.45. The Kier molecular flexibility index (Phi) is 2.48. The molecule has 1 aromatic rings. The van der Waals surface area contributed by atoms with E-state index in [1.54, 1.807) is 5.06 Å². The molecule has 0 radical (unpaired) electrons. The molecule has 1 aromatic carbocycles. The molecule has 0 fully saturated rings. The van der Waals surface area contributed by atoms with Gasteiger partial charge in [0.25, 0.3) is 0 Å². The van der Waals surface area contributed by atoms with Crippen molar-refractivity contribution >= 4 is 11.9 Å². The number of hydrogen-bond acceptors (Lipinski definition) is 3. The third kappa shape index (κ3) is 1.61. The van der Waals surface area contributed by atoms with E-state index in [1.165, 1.54) is 0 Å². The smallest absolute Gasteiger partial charge is 0.135 e. The van der Waals surface area contributed by atoms with Gasteiger partial charge in [0, 0.05) is 11.8 Å². The summed E-state index contributed by atoms with van der Waals surface area (Å²) < 4.78 is 0. The second kappa shape index (κ2) is 3.95. The van der Waals surface area contributed by atoms with E-state index in [2.05, 4.69) is 10.9 Å². The average molecular weight is 186 g/mol. The lowest BCUT2D eigenvalue weighted by Crippen LogP contribution is -2.27. The number of hydroxylamine groups is 1. The van der Waals surface area contributed by atoms with Crippen molar-refractivity contribution in [2.24, 2.45) is 4.99 Å². The van der Waals surface area contributed by atoms with Gasteiger partial charge >= 0.3 is 0 Å². The lowest BCUT2D eigenvalue weighted by molar-refractivity contribution is 0.139. The Bertz CT molecular complexity index is 393. The predicted molar refractivity (Wildman–Crippen MR) is 56.2 cm³/mol. The third-order valence-electron chi connectivity index (χ3n) is 1.95. The minimum Gasteiger partial charge on any atom is -0.269 e. The molecule has 0 atom stereocenters. The zero-order valence-electron chi connectivity index (χ0n) is 7.68. The number of nitrogens with zero attached hydrogens (tertiary/aromatic N) is 2. The molecule has 3 nitrogen and oxygen atoms in total. The van der Waals surface area contributed by atoms with Gasteiger partial charge in [-0.1, -0.05) is 24.1 Å². The molecule has 14 heavy (non-hydrogen) atoms. The number of fused-ring (bicyclic) bond motifs is 1. The maximum atomic E-state index is 5.34. The molecule has 3 heteroatoms. The van der Waals surface area contributed by atoms with Gasteiger partial charge in [0.05, 0.1) is 5.69 Å². The molecule has 1 heterocycles. The Morgan fingerprint density at radius 1 is 1.50 bits per heavy atom. The van der Waals surface area contributed by atoms with Crippen LogP contribution in [0.15, 0.2) is 29.3 Å². The summed E-state index contributed by atoms with van der Waals surface area (Å²) in [6.45, 7) is 0.766. The van der Waals surface area contributed by atoms with Gasteiger partial charge < -0.3 is 0 Å². The Morgan fingerprint density at radius 3 is 3.21 bits per heavy atom. The third-order valence-corrected chi connectivity index (χ3v) is 1.95. The summed E-state index contributed by atoms with van der Waals surface area (Å²) in [7, 11) is 0. The van der Waals surface area contributed by atoms with Crippen LogP contribution in [0.2, 0.25) is 0 Å². The van der Waals surface area contributed by atoms with Gasteiger partial charge in [-0.2, -0.15) is 0 Å². The van der Waals surface area contributed by atoms with Gasteiger partial charge in [-0.3, -0.25) is 9.83 Å². The van der Waals surface area contributed by atoms with Crippen LogP contribution in [0, 0.1) is 12.3 Å². The molecule has 1 aliphatic heterocycles. The van der Waals surface area contributed by atoms with Crippen LogP contribution in [-0.4, -0.2) is 19.5 Å². The molecular formula is C11H10N2O. The van der Waals surface area contributed by atoms with Crippen molar-refractivity contribution in [1.29, 1.82) is 0 Å². The number of aliphatic imine (C=N–C) groups is 1.